The average molecular weight is 419 g/mol. The highest BCUT2D eigenvalue weighted by atomic mass is 35.5. The van der Waals surface area contributed by atoms with E-state index in [-0.39, 0.29) is 12.2 Å². The van der Waals surface area contributed by atoms with Crippen molar-refractivity contribution in [1.82, 2.24) is 5.32 Å². The summed E-state index contributed by atoms with van der Waals surface area (Å²) in [5.74, 6) is 0.0451. The zero-order valence-electron chi connectivity index (χ0n) is 15.4. The largest absolute Gasteiger partial charge is 0.488 e. The number of carbonyl (C=O) groups excluding carboxylic acids is 1. The maximum absolute atomic E-state index is 12.2. The Bertz CT molecular complexity index is 891. The van der Waals surface area contributed by atoms with Crippen LogP contribution in [-0.2, 0) is 16.1 Å². The summed E-state index contributed by atoms with van der Waals surface area (Å²) in [6.45, 7) is 1.23. The molecule has 0 saturated heterocycles. The summed E-state index contributed by atoms with van der Waals surface area (Å²) in [6.07, 6.45) is 2.12. The summed E-state index contributed by atoms with van der Waals surface area (Å²) in [4.78, 5) is 12.2. The van der Waals surface area contributed by atoms with Gasteiger partial charge in [0.15, 0.2) is 0 Å². The van der Waals surface area contributed by atoms with E-state index < -0.39 is 5.91 Å². The van der Waals surface area contributed by atoms with Gasteiger partial charge in [-0.3, -0.25) is 4.79 Å². The zero-order valence-corrected chi connectivity index (χ0v) is 16.9. The number of hydrogen-bond acceptors (Lipinski definition) is 4. The molecule has 0 bridgehead atoms. The second kappa shape index (κ2) is 11.4. The Labute approximate surface area is 174 Å². The number of benzene rings is 2. The van der Waals surface area contributed by atoms with Crippen LogP contribution >= 0.6 is 23.2 Å². The number of nitriles is 1. The number of rotatable bonds is 9. The molecule has 0 heterocycles. The molecule has 7 heteroatoms. The molecule has 5 nitrogen and oxygen atoms in total. The summed E-state index contributed by atoms with van der Waals surface area (Å²) in [5, 5.41) is 13.1. The monoisotopic (exact) mass is 418 g/mol. The van der Waals surface area contributed by atoms with E-state index in [1.165, 1.54) is 6.08 Å². The molecule has 2 aromatic rings. The van der Waals surface area contributed by atoms with Gasteiger partial charge in [0.1, 0.15) is 24.0 Å². The Morgan fingerprint density at radius 1 is 1.21 bits per heavy atom. The second-order valence-electron chi connectivity index (χ2n) is 5.87. The molecule has 1 N–H and O–H groups in total. The third kappa shape index (κ3) is 6.90. The lowest BCUT2D eigenvalue weighted by atomic mass is 10.1. The third-order valence-electron chi connectivity index (χ3n) is 3.73. The highest BCUT2D eigenvalue weighted by Gasteiger charge is 2.11. The van der Waals surface area contributed by atoms with Gasteiger partial charge in [-0.2, -0.15) is 5.26 Å². The molecule has 0 unspecified atom stereocenters. The first-order chi connectivity index (χ1) is 13.5. The molecule has 0 aliphatic carbocycles. The van der Waals surface area contributed by atoms with Gasteiger partial charge in [-0.25, -0.2) is 0 Å². The number of nitrogens with one attached hydrogen (secondary N) is 1. The van der Waals surface area contributed by atoms with E-state index >= 15 is 0 Å². The van der Waals surface area contributed by atoms with Crippen LogP contribution in [0.5, 0.6) is 5.75 Å². The van der Waals surface area contributed by atoms with Gasteiger partial charge in [-0.05, 0) is 48.4 Å². The van der Waals surface area contributed by atoms with E-state index in [2.05, 4.69) is 5.32 Å². The van der Waals surface area contributed by atoms with Crippen molar-refractivity contribution in [3.05, 3.63) is 69.2 Å². The average Bonchev–Trinajstić information content (AvgIpc) is 2.68. The number of carbonyl (C=O) groups is 1. The summed E-state index contributed by atoms with van der Waals surface area (Å²) in [6, 6.07) is 14.3. The lowest BCUT2D eigenvalue weighted by Crippen LogP contribution is -2.26. The van der Waals surface area contributed by atoms with Crippen LogP contribution < -0.4 is 10.1 Å². The maximum atomic E-state index is 12.2. The second-order valence-corrected chi connectivity index (χ2v) is 6.75. The van der Waals surface area contributed by atoms with Gasteiger partial charge in [0, 0.05) is 35.9 Å². The topological polar surface area (TPSA) is 71.3 Å². The van der Waals surface area contributed by atoms with Gasteiger partial charge < -0.3 is 14.8 Å². The minimum absolute atomic E-state index is 0.0349. The standard InChI is InChI=1S/C21H20Cl2N2O3/c1-27-9-3-8-25-21(26)17(13-24)11-16-12-19(23)6-7-20(16)28-14-15-4-2-5-18(22)10-15/h2,4-7,10-12H,3,8-9,14H2,1H3,(H,25,26)/b17-11+. The van der Waals surface area contributed by atoms with Crippen molar-refractivity contribution in [3.8, 4) is 11.8 Å². The predicted molar refractivity (Wildman–Crippen MR) is 110 cm³/mol. The van der Waals surface area contributed by atoms with Crippen molar-refractivity contribution in [2.24, 2.45) is 0 Å². The molecule has 0 spiro atoms. The van der Waals surface area contributed by atoms with Crippen molar-refractivity contribution in [2.75, 3.05) is 20.3 Å². The van der Waals surface area contributed by atoms with Crippen LogP contribution in [0.1, 0.15) is 17.5 Å². The van der Waals surface area contributed by atoms with Crippen molar-refractivity contribution < 1.29 is 14.3 Å². The summed E-state index contributed by atoms with van der Waals surface area (Å²) >= 11 is 12.1. The van der Waals surface area contributed by atoms with Crippen LogP contribution in [0, 0.1) is 11.3 Å². The summed E-state index contributed by atoms with van der Waals surface area (Å²) in [5.41, 5.74) is 1.40. The maximum Gasteiger partial charge on any atom is 0.261 e. The van der Waals surface area contributed by atoms with Crippen LogP contribution in [-0.4, -0.2) is 26.2 Å². The molecule has 2 rings (SSSR count). The third-order valence-corrected chi connectivity index (χ3v) is 4.20. The number of methoxy groups -OCH3 is 1. The Hall–Kier alpha value is -2.52. The molecule has 1 amide bonds. The quantitative estimate of drug-likeness (QED) is 0.366. The molecule has 0 aromatic heterocycles. The normalized spacial score (nSPS) is 11.0. The summed E-state index contributed by atoms with van der Waals surface area (Å²) in [7, 11) is 1.59. The van der Waals surface area contributed by atoms with Crippen molar-refractivity contribution in [2.45, 2.75) is 13.0 Å². The molecule has 0 fully saturated rings. The fraction of sp³-hybridized carbons (Fsp3) is 0.238. The summed E-state index contributed by atoms with van der Waals surface area (Å²) < 4.78 is 10.8. The van der Waals surface area contributed by atoms with Crippen LogP contribution in [0.3, 0.4) is 0 Å². The van der Waals surface area contributed by atoms with Crippen LogP contribution in [0.2, 0.25) is 10.0 Å². The van der Waals surface area contributed by atoms with E-state index in [0.717, 1.165) is 5.56 Å². The van der Waals surface area contributed by atoms with Gasteiger partial charge in [0.05, 0.1) is 0 Å². The van der Waals surface area contributed by atoms with E-state index in [1.54, 1.807) is 37.4 Å². The Morgan fingerprint density at radius 2 is 2.00 bits per heavy atom. The van der Waals surface area contributed by atoms with Gasteiger partial charge in [0.2, 0.25) is 0 Å². The first-order valence-corrected chi connectivity index (χ1v) is 9.35. The van der Waals surface area contributed by atoms with Gasteiger partial charge in [0.25, 0.3) is 5.91 Å². The number of amides is 1. The number of hydrogen-bond donors (Lipinski definition) is 1. The van der Waals surface area contributed by atoms with Crippen molar-refractivity contribution in [1.29, 1.82) is 5.26 Å². The first kappa shape index (κ1) is 21.8. The number of nitrogens with zero attached hydrogens (tertiary/aromatic N) is 1. The van der Waals surface area contributed by atoms with E-state index in [1.807, 2.05) is 18.2 Å². The van der Waals surface area contributed by atoms with Gasteiger partial charge in [-0.1, -0.05) is 35.3 Å². The van der Waals surface area contributed by atoms with E-state index in [4.69, 9.17) is 32.7 Å². The first-order valence-electron chi connectivity index (χ1n) is 8.59. The number of halogens is 2. The molecule has 0 atom stereocenters. The predicted octanol–water partition coefficient (Wildman–Crippen LogP) is 4.63. The molecule has 0 saturated carbocycles. The molecule has 0 aliphatic rings. The van der Waals surface area contributed by atoms with E-state index in [0.29, 0.717) is 40.9 Å². The lowest BCUT2D eigenvalue weighted by Gasteiger charge is -2.11. The highest BCUT2D eigenvalue weighted by Crippen LogP contribution is 2.26. The van der Waals surface area contributed by atoms with Crippen LogP contribution in [0.15, 0.2) is 48.0 Å². The van der Waals surface area contributed by atoms with E-state index in [9.17, 15) is 10.1 Å². The fourth-order valence-corrected chi connectivity index (χ4v) is 2.76. The van der Waals surface area contributed by atoms with Crippen molar-refractivity contribution >= 4 is 35.2 Å². The fourth-order valence-electron chi connectivity index (χ4n) is 2.37. The zero-order chi connectivity index (χ0) is 20.4. The molecule has 0 aliphatic heterocycles. The molecule has 2 aromatic carbocycles. The SMILES string of the molecule is COCCCNC(=O)/C(C#N)=C/c1cc(Cl)ccc1OCc1cccc(Cl)c1. The molecular weight excluding hydrogens is 399 g/mol. The Balaban J connectivity index is 2.16. The Kier molecular flexibility index (Phi) is 8.83. The molecule has 28 heavy (non-hydrogen) atoms. The minimum Gasteiger partial charge on any atom is -0.488 e. The Morgan fingerprint density at radius 3 is 2.71 bits per heavy atom. The van der Waals surface area contributed by atoms with Gasteiger partial charge in [-0.15, -0.1) is 0 Å². The van der Waals surface area contributed by atoms with Crippen LogP contribution in [0.25, 0.3) is 6.08 Å². The van der Waals surface area contributed by atoms with Crippen molar-refractivity contribution in [3.63, 3.8) is 0 Å². The lowest BCUT2D eigenvalue weighted by molar-refractivity contribution is -0.117. The van der Waals surface area contributed by atoms with Crippen LogP contribution in [0.4, 0.5) is 0 Å². The molecule has 0 radical (unpaired) electrons. The highest BCUT2D eigenvalue weighted by molar-refractivity contribution is 6.31. The molecule has 146 valence electrons. The number of ether oxygens (including phenoxy) is 2. The minimum atomic E-state index is -0.459. The van der Waals surface area contributed by atoms with Gasteiger partial charge >= 0.3 is 0 Å². The smallest absolute Gasteiger partial charge is 0.261 e. The molecular formula is C21H20Cl2N2O3.